The van der Waals surface area contributed by atoms with Crippen molar-refractivity contribution < 1.29 is 18.4 Å². The van der Waals surface area contributed by atoms with Gasteiger partial charge in [-0.2, -0.15) is 0 Å². The first-order valence-electron chi connectivity index (χ1n) is 9.17. The number of halogens is 1. The van der Waals surface area contributed by atoms with Gasteiger partial charge in [-0.15, -0.1) is 0 Å². The molecule has 0 unspecified atom stereocenters. The number of amides is 1. The summed E-state index contributed by atoms with van der Waals surface area (Å²) in [5.41, 5.74) is 0.822. The van der Waals surface area contributed by atoms with Crippen LogP contribution in [0.1, 0.15) is 43.6 Å². The van der Waals surface area contributed by atoms with Crippen molar-refractivity contribution in [2.45, 2.75) is 63.9 Å². The average Bonchev–Trinajstić information content (AvgIpc) is 3.14. The second-order valence-electron chi connectivity index (χ2n) is 7.32. The molecule has 2 aliphatic heterocycles. The fraction of sp³-hybridized carbons (Fsp3) is 0.778. The first kappa shape index (κ1) is 18.3. The molecule has 2 saturated heterocycles. The summed E-state index contributed by atoms with van der Waals surface area (Å²) in [7, 11) is 1.80. The molecule has 0 bridgehead atoms. The Kier molecular flexibility index (Phi) is 6.06. The van der Waals surface area contributed by atoms with E-state index in [1.54, 1.807) is 11.9 Å². The molecular formula is C18H28FN3O3. The maximum Gasteiger partial charge on any atom is 0.224 e. The second kappa shape index (κ2) is 8.27. The lowest BCUT2D eigenvalue weighted by Crippen LogP contribution is -2.42. The van der Waals surface area contributed by atoms with Crippen molar-refractivity contribution in [3.05, 3.63) is 17.5 Å². The Hall–Kier alpha value is -1.47. The summed E-state index contributed by atoms with van der Waals surface area (Å²) in [6, 6.07) is 1.87. The molecule has 7 heteroatoms. The van der Waals surface area contributed by atoms with Crippen LogP contribution < -0.4 is 0 Å². The van der Waals surface area contributed by atoms with Crippen molar-refractivity contribution in [1.29, 1.82) is 0 Å². The summed E-state index contributed by atoms with van der Waals surface area (Å²) in [6.07, 6.45) is 3.20. The lowest BCUT2D eigenvalue weighted by Gasteiger charge is -2.29. The number of ether oxygens (including phenoxy) is 1. The number of hydrogen-bond donors (Lipinski definition) is 0. The van der Waals surface area contributed by atoms with E-state index in [0.717, 1.165) is 37.3 Å². The van der Waals surface area contributed by atoms with Crippen molar-refractivity contribution in [2.24, 2.45) is 0 Å². The Morgan fingerprint density at radius 1 is 1.48 bits per heavy atom. The minimum Gasteiger partial charge on any atom is -0.378 e. The van der Waals surface area contributed by atoms with Gasteiger partial charge in [0.2, 0.25) is 5.91 Å². The highest BCUT2D eigenvalue weighted by Crippen LogP contribution is 2.24. The van der Waals surface area contributed by atoms with Crippen LogP contribution in [0.25, 0.3) is 0 Å². The van der Waals surface area contributed by atoms with Gasteiger partial charge in [-0.3, -0.25) is 9.69 Å². The SMILES string of the molecule is Cc1cc(CN2C[C@@H](F)C[C@H]2CN(C)C(=O)C[C@@H]2CCCCO2)on1. The van der Waals surface area contributed by atoms with Crippen LogP contribution in [0.2, 0.25) is 0 Å². The number of aromatic nitrogens is 1. The Labute approximate surface area is 148 Å². The van der Waals surface area contributed by atoms with E-state index < -0.39 is 6.17 Å². The van der Waals surface area contributed by atoms with Crippen molar-refractivity contribution in [3.8, 4) is 0 Å². The van der Waals surface area contributed by atoms with E-state index in [0.29, 0.717) is 32.5 Å². The number of carbonyl (C=O) groups excluding carboxylic acids is 1. The zero-order chi connectivity index (χ0) is 17.8. The molecule has 3 atom stereocenters. The summed E-state index contributed by atoms with van der Waals surface area (Å²) < 4.78 is 24.8. The van der Waals surface area contributed by atoms with Crippen molar-refractivity contribution >= 4 is 5.91 Å². The van der Waals surface area contributed by atoms with Gasteiger partial charge in [-0.1, -0.05) is 5.16 Å². The largest absolute Gasteiger partial charge is 0.378 e. The van der Waals surface area contributed by atoms with Gasteiger partial charge in [0.05, 0.1) is 24.8 Å². The number of carbonyl (C=O) groups is 1. The smallest absolute Gasteiger partial charge is 0.224 e. The van der Waals surface area contributed by atoms with Crippen LogP contribution in [0.5, 0.6) is 0 Å². The maximum atomic E-state index is 13.9. The van der Waals surface area contributed by atoms with E-state index in [-0.39, 0.29) is 18.1 Å². The number of aryl methyl sites for hydroxylation is 1. The Morgan fingerprint density at radius 3 is 3.00 bits per heavy atom. The van der Waals surface area contributed by atoms with Gasteiger partial charge in [-0.25, -0.2) is 4.39 Å². The second-order valence-corrected chi connectivity index (χ2v) is 7.32. The quantitative estimate of drug-likeness (QED) is 0.785. The van der Waals surface area contributed by atoms with E-state index in [1.807, 2.05) is 17.9 Å². The number of hydrogen-bond acceptors (Lipinski definition) is 5. The van der Waals surface area contributed by atoms with Crippen molar-refractivity contribution in [3.63, 3.8) is 0 Å². The predicted molar refractivity (Wildman–Crippen MR) is 90.8 cm³/mol. The molecular weight excluding hydrogens is 325 g/mol. The Balaban J connectivity index is 1.52. The van der Waals surface area contributed by atoms with Crippen LogP contribution in [-0.2, 0) is 16.1 Å². The minimum absolute atomic E-state index is 0.00151. The highest BCUT2D eigenvalue weighted by Gasteiger charge is 2.34. The van der Waals surface area contributed by atoms with Gasteiger partial charge in [0.1, 0.15) is 6.17 Å². The molecule has 2 fully saturated rings. The van der Waals surface area contributed by atoms with Gasteiger partial charge in [0, 0.05) is 38.9 Å². The van der Waals surface area contributed by atoms with Crippen LogP contribution >= 0.6 is 0 Å². The molecule has 0 N–H and O–H groups in total. The molecule has 3 heterocycles. The number of rotatable bonds is 6. The zero-order valence-corrected chi connectivity index (χ0v) is 15.1. The van der Waals surface area contributed by atoms with Crippen LogP contribution in [0.15, 0.2) is 10.6 Å². The maximum absolute atomic E-state index is 13.9. The molecule has 0 spiro atoms. The van der Waals surface area contributed by atoms with E-state index >= 15 is 0 Å². The molecule has 0 aromatic carbocycles. The summed E-state index contributed by atoms with van der Waals surface area (Å²) >= 11 is 0. The molecule has 1 aromatic rings. The Morgan fingerprint density at radius 2 is 2.32 bits per heavy atom. The first-order chi connectivity index (χ1) is 12.0. The number of likely N-dealkylation sites (tertiary alicyclic amines) is 1. The first-order valence-corrected chi connectivity index (χ1v) is 9.17. The molecule has 25 heavy (non-hydrogen) atoms. The zero-order valence-electron chi connectivity index (χ0n) is 15.1. The normalized spacial score (nSPS) is 27.6. The Bertz CT molecular complexity index is 574. The van der Waals surface area contributed by atoms with E-state index in [2.05, 4.69) is 5.16 Å². The molecule has 6 nitrogen and oxygen atoms in total. The van der Waals surface area contributed by atoms with Gasteiger partial charge in [0.25, 0.3) is 0 Å². The van der Waals surface area contributed by atoms with E-state index in [1.165, 1.54) is 0 Å². The lowest BCUT2D eigenvalue weighted by atomic mass is 10.1. The molecule has 2 aliphatic rings. The summed E-state index contributed by atoms with van der Waals surface area (Å²) in [4.78, 5) is 16.2. The highest BCUT2D eigenvalue weighted by atomic mass is 19.1. The molecule has 1 amide bonds. The third-order valence-electron chi connectivity index (χ3n) is 5.10. The standard InChI is InChI=1S/C18H28FN3O3/c1-13-7-17(25-20-13)12-22-10-14(19)8-15(22)11-21(2)18(23)9-16-5-3-4-6-24-16/h7,14-16H,3-6,8-12H2,1-2H3/t14-,15-,16-/m0/s1. The molecule has 0 radical (unpaired) electrons. The fourth-order valence-corrected chi connectivity index (χ4v) is 3.73. The van der Waals surface area contributed by atoms with Gasteiger partial charge in [0.15, 0.2) is 5.76 Å². The third-order valence-corrected chi connectivity index (χ3v) is 5.10. The monoisotopic (exact) mass is 353 g/mol. The molecule has 0 saturated carbocycles. The van der Waals surface area contributed by atoms with Gasteiger partial charge >= 0.3 is 0 Å². The van der Waals surface area contributed by atoms with Crippen LogP contribution in [0.3, 0.4) is 0 Å². The fourth-order valence-electron chi connectivity index (χ4n) is 3.73. The van der Waals surface area contributed by atoms with Gasteiger partial charge < -0.3 is 14.2 Å². The molecule has 1 aromatic heterocycles. The van der Waals surface area contributed by atoms with Crippen LogP contribution in [0, 0.1) is 6.92 Å². The van der Waals surface area contributed by atoms with E-state index in [9.17, 15) is 9.18 Å². The summed E-state index contributed by atoms with van der Waals surface area (Å²) in [5.74, 6) is 0.811. The van der Waals surface area contributed by atoms with Gasteiger partial charge in [-0.05, 0) is 32.6 Å². The average molecular weight is 353 g/mol. The van der Waals surface area contributed by atoms with Crippen LogP contribution in [-0.4, -0.2) is 65.9 Å². The molecule has 3 rings (SSSR count). The third kappa shape index (κ3) is 5.01. The van der Waals surface area contributed by atoms with Crippen LogP contribution in [0.4, 0.5) is 4.39 Å². The minimum atomic E-state index is -0.862. The summed E-state index contributed by atoms with van der Waals surface area (Å²) in [5, 5.41) is 3.88. The summed E-state index contributed by atoms with van der Waals surface area (Å²) in [6.45, 7) is 4.04. The molecule has 0 aliphatic carbocycles. The van der Waals surface area contributed by atoms with E-state index in [4.69, 9.17) is 9.26 Å². The number of alkyl halides is 1. The number of likely N-dealkylation sites (N-methyl/N-ethyl adjacent to an activating group) is 1. The predicted octanol–water partition coefficient (Wildman–Crippen LogP) is 2.31. The van der Waals surface area contributed by atoms with Crippen molar-refractivity contribution in [1.82, 2.24) is 15.0 Å². The molecule has 140 valence electrons. The topological polar surface area (TPSA) is 58.8 Å². The van der Waals surface area contributed by atoms with Crippen molar-refractivity contribution in [2.75, 3.05) is 26.7 Å². The highest BCUT2D eigenvalue weighted by molar-refractivity contribution is 5.76. The number of nitrogens with zero attached hydrogens (tertiary/aromatic N) is 3. The lowest BCUT2D eigenvalue weighted by molar-refractivity contribution is -0.134.